The summed E-state index contributed by atoms with van der Waals surface area (Å²) in [5.74, 6) is 0.735. The van der Waals surface area contributed by atoms with Gasteiger partial charge in [0.2, 0.25) is 5.56 Å². The second-order valence-electron chi connectivity index (χ2n) is 9.92. The molecule has 38 heavy (non-hydrogen) atoms. The Bertz CT molecular complexity index is 1560. The molecule has 7 rings (SSSR count). The van der Waals surface area contributed by atoms with Crippen LogP contribution in [0.1, 0.15) is 30.0 Å². The summed E-state index contributed by atoms with van der Waals surface area (Å²) in [5.41, 5.74) is 6.37. The van der Waals surface area contributed by atoms with Crippen molar-refractivity contribution in [2.24, 2.45) is 0 Å². The number of fused-ring (bicyclic) bond motifs is 2. The zero-order chi connectivity index (χ0) is 25.5. The molecule has 2 aromatic carbocycles. The zero-order valence-electron chi connectivity index (χ0n) is 20.9. The lowest BCUT2D eigenvalue weighted by Crippen LogP contribution is -2.36. The van der Waals surface area contributed by atoms with Crippen molar-refractivity contribution >= 4 is 34.9 Å². The maximum Gasteiger partial charge on any atom is 0.250 e. The van der Waals surface area contributed by atoms with Crippen LogP contribution in [0.5, 0.6) is 0 Å². The molecule has 0 spiro atoms. The molecule has 1 saturated carbocycles. The van der Waals surface area contributed by atoms with Crippen LogP contribution in [0.25, 0.3) is 11.3 Å². The third kappa shape index (κ3) is 4.96. The maximum atomic E-state index is 12.6. The number of aromatic nitrogens is 2. The third-order valence-corrected chi connectivity index (χ3v) is 9.81. The Labute approximate surface area is 230 Å². The van der Waals surface area contributed by atoms with Crippen LogP contribution in [-0.2, 0) is 11.3 Å². The van der Waals surface area contributed by atoms with Gasteiger partial charge in [-0.3, -0.25) is 9.78 Å². The molecule has 1 aliphatic carbocycles. The van der Waals surface area contributed by atoms with Crippen molar-refractivity contribution in [1.82, 2.24) is 9.97 Å². The normalized spacial score (nSPS) is 16.6. The second-order valence-corrected chi connectivity index (χ2v) is 12.1. The average Bonchev–Trinajstić information content (AvgIpc) is 3.81. The molecule has 6 nitrogen and oxygen atoms in total. The van der Waals surface area contributed by atoms with Crippen molar-refractivity contribution in [3.8, 4) is 11.3 Å². The Morgan fingerprint density at radius 3 is 2.74 bits per heavy atom. The monoisotopic (exact) mass is 540 g/mol. The van der Waals surface area contributed by atoms with Gasteiger partial charge in [0.1, 0.15) is 0 Å². The van der Waals surface area contributed by atoms with Crippen molar-refractivity contribution in [2.45, 2.75) is 44.9 Å². The van der Waals surface area contributed by atoms with Crippen molar-refractivity contribution in [1.29, 1.82) is 0 Å². The molecule has 0 atom stereocenters. The maximum absolute atomic E-state index is 12.6. The second kappa shape index (κ2) is 10.2. The predicted molar refractivity (Wildman–Crippen MR) is 154 cm³/mol. The summed E-state index contributed by atoms with van der Waals surface area (Å²) < 4.78 is 5.49. The standard InChI is InChI=1S/C30H28N4O2S2/c35-29-17-23(34-10-12-36-13-11-34)16-25(33-29)24-2-1-3-27-30(24)38-26-7-6-21(15-28(26)37-27)32-18-22-14-20(8-9-31-22)19-4-5-19/h1-3,6-9,14-17,19,32H,4-5,10-13,18H2,(H,33,35). The number of nitrogens with one attached hydrogen (secondary N) is 2. The largest absolute Gasteiger partial charge is 0.379 e. The van der Waals surface area contributed by atoms with E-state index in [1.165, 1.54) is 38.0 Å². The van der Waals surface area contributed by atoms with Crippen LogP contribution in [0, 0.1) is 0 Å². The topological polar surface area (TPSA) is 70.2 Å². The predicted octanol–water partition coefficient (Wildman–Crippen LogP) is 6.38. The molecule has 0 unspecified atom stereocenters. The van der Waals surface area contributed by atoms with Crippen molar-refractivity contribution < 1.29 is 4.74 Å². The number of hydrogen-bond acceptors (Lipinski definition) is 7. The quantitative estimate of drug-likeness (QED) is 0.259. The van der Waals surface area contributed by atoms with Gasteiger partial charge in [-0.05, 0) is 66.8 Å². The fourth-order valence-corrected chi connectivity index (χ4v) is 7.47. The van der Waals surface area contributed by atoms with Gasteiger partial charge in [-0.1, -0.05) is 35.7 Å². The number of H-pyrrole nitrogens is 1. The first-order valence-electron chi connectivity index (χ1n) is 13.1. The highest BCUT2D eigenvalue weighted by Crippen LogP contribution is 2.52. The van der Waals surface area contributed by atoms with Crippen LogP contribution in [0.15, 0.2) is 91.2 Å². The van der Waals surface area contributed by atoms with Gasteiger partial charge in [-0.15, -0.1) is 0 Å². The number of hydrogen-bond donors (Lipinski definition) is 2. The van der Waals surface area contributed by atoms with Crippen LogP contribution in [-0.4, -0.2) is 36.3 Å². The van der Waals surface area contributed by atoms with E-state index in [1.54, 1.807) is 29.6 Å². The van der Waals surface area contributed by atoms with Crippen LogP contribution >= 0.6 is 23.5 Å². The molecule has 4 aromatic rings. The third-order valence-electron chi connectivity index (χ3n) is 7.21. The summed E-state index contributed by atoms with van der Waals surface area (Å²) in [4.78, 5) is 27.3. The van der Waals surface area contributed by atoms with E-state index in [1.807, 2.05) is 6.20 Å². The van der Waals surface area contributed by atoms with Gasteiger partial charge in [0.05, 0.1) is 31.1 Å². The zero-order valence-corrected chi connectivity index (χ0v) is 22.5. The first-order chi connectivity index (χ1) is 18.7. The SMILES string of the molecule is O=c1cc(N2CCOCC2)cc(-c2cccc3c2Sc2ccc(NCc4cc(C5CC5)ccn4)cc2S3)[nH]1. The van der Waals surface area contributed by atoms with E-state index >= 15 is 0 Å². The van der Waals surface area contributed by atoms with Crippen LogP contribution in [0.4, 0.5) is 11.4 Å². The molecule has 192 valence electrons. The van der Waals surface area contributed by atoms with Gasteiger partial charge in [0, 0.05) is 61.9 Å². The molecular weight excluding hydrogens is 512 g/mol. The number of pyridine rings is 2. The summed E-state index contributed by atoms with van der Waals surface area (Å²) in [6, 6.07) is 21.1. The number of morpholine rings is 1. The smallest absolute Gasteiger partial charge is 0.250 e. The number of nitrogens with zero attached hydrogens (tertiary/aromatic N) is 2. The van der Waals surface area contributed by atoms with Gasteiger partial charge in [0.15, 0.2) is 0 Å². The molecule has 2 aromatic heterocycles. The molecule has 2 aliphatic heterocycles. The van der Waals surface area contributed by atoms with Gasteiger partial charge in [-0.2, -0.15) is 0 Å². The van der Waals surface area contributed by atoms with E-state index in [0.29, 0.717) is 19.8 Å². The Hall–Kier alpha value is -3.20. The Morgan fingerprint density at radius 1 is 0.974 bits per heavy atom. The summed E-state index contributed by atoms with van der Waals surface area (Å²) in [7, 11) is 0. The van der Waals surface area contributed by atoms with Crippen LogP contribution < -0.4 is 15.8 Å². The fourth-order valence-electron chi connectivity index (χ4n) is 5.06. The van der Waals surface area contributed by atoms with E-state index in [2.05, 4.69) is 74.8 Å². The molecule has 0 radical (unpaired) electrons. The van der Waals surface area contributed by atoms with Crippen molar-refractivity contribution in [3.63, 3.8) is 0 Å². The Morgan fingerprint density at radius 2 is 1.87 bits per heavy atom. The average molecular weight is 541 g/mol. The lowest BCUT2D eigenvalue weighted by Gasteiger charge is -2.29. The minimum atomic E-state index is -0.0802. The first-order valence-corrected chi connectivity index (χ1v) is 14.7. The van der Waals surface area contributed by atoms with E-state index in [4.69, 9.17) is 4.74 Å². The molecular formula is C30H28N4O2S2. The molecule has 0 bridgehead atoms. The minimum Gasteiger partial charge on any atom is -0.379 e. The number of anilines is 2. The Kier molecular flexibility index (Phi) is 6.39. The lowest BCUT2D eigenvalue weighted by molar-refractivity contribution is 0.122. The van der Waals surface area contributed by atoms with Crippen molar-refractivity contribution in [3.05, 3.63) is 88.5 Å². The van der Waals surface area contributed by atoms with Crippen LogP contribution in [0.3, 0.4) is 0 Å². The minimum absolute atomic E-state index is 0.0802. The van der Waals surface area contributed by atoms with Gasteiger partial charge in [0.25, 0.3) is 0 Å². The molecule has 8 heteroatoms. The van der Waals surface area contributed by atoms with E-state index in [0.717, 1.165) is 47.3 Å². The highest BCUT2D eigenvalue weighted by Gasteiger charge is 2.24. The van der Waals surface area contributed by atoms with Crippen molar-refractivity contribution in [2.75, 3.05) is 36.5 Å². The lowest BCUT2D eigenvalue weighted by atomic mass is 10.1. The number of ether oxygens (including phenoxy) is 1. The number of aromatic amines is 1. The Balaban J connectivity index is 1.12. The van der Waals surface area contributed by atoms with Gasteiger partial charge < -0.3 is 19.9 Å². The summed E-state index contributed by atoms with van der Waals surface area (Å²) in [5, 5.41) is 3.56. The van der Waals surface area contributed by atoms with Crippen LogP contribution in [0.2, 0.25) is 0 Å². The molecule has 1 saturated heterocycles. The fraction of sp³-hybridized carbons (Fsp3) is 0.267. The molecule has 4 heterocycles. The number of benzene rings is 2. The van der Waals surface area contributed by atoms with Gasteiger partial charge >= 0.3 is 0 Å². The highest BCUT2D eigenvalue weighted by atomic mass is 32.2. The highest BCUT2D eigenvalue weighted by molar-refractivity contribution is 8.05. The summed E-state index contributed by atoms with van der Waals surface area (Å²) >= 11 is 3.55. The van der Waals surface area contributed by atoms with E-state index < -0.39 is 0 Å². The van der Waals surface area contributed by atoms with Gasteiger partial charge in [-0.25, -0.2) is 0 Å². The van der Waals surface area contributed by atoms with E-state index in [9.17, 15) is 4.79 Å². The molecule has 2 fully saturated rings. The number of rotatable bonds is 6. The first kappa shape index (κ1) is 23.9. The molecule has 2 N–H and O–H groups in total. The molecule has 0 amide bonds. The van der Waals surface area contributed by atoms with E-state index in [-0.39, 0.29) is 5.56 Å². The summed E-state index contributed by atoms with van der Waals surface area (Å²) in [6.07, 6.45) is 4.53. The summed E-state index contributed by atoms with van der Waals surface area (Å²) in [6.45, 7) is 3.68. The molecule has 3 aliphatic rings.